The van der Waals surface area contributed by atoms with Gasteiger partial charge < -0.3 is 10.2 Å². The van der Waals surface area contributed by atoms with Gasteiger partial charge in [0.05, 0.1) is 0 Å². The minimum absolute atomic E-state index is 0.0410. The van der Waals surface area contributed by atoms with Crippen molar-refractivity contribution in [3.8, 4) is 0 Å². The third kappa shape index (κ3) is 3.10. The van der Waals surface area contributed by atoms with E-state index >= 15 is 0 Å². The Morgan fingerprint density at radius 1 is 1.21 bits per heavy atom. The van der Waals surface area contributed by atoms with Crippen molar-refractivity contribution in [3.63, 3.8) is 0 Å². The highest BCUT2D eigenvalue weighted by atomic mass is 16.2. The van der Waals surface area contributed by atoms with Crippen molar-refractivity contribution < 1.29 is 9.59 Å². The first-order valence-corrected chi connectivity index (χ1v) is 7.38. The standard InChI is InChI=1S/C15H28N2O2/c1-7-10(3)9-17-13(18)12(11(4)8-2)16-14(19)15(17,5)6/h10-12H,7-9H2,1-6H3,(H,16,19). The molecular formula is C15H28N2O2. The van der Waals surface area contributed by atoms with Gasteiger partial charge in [0.1, 0.15) is 11.6 Å². The third-order valence-electron chi connectivity index (χ3n) is 4.45. The monoisotopic (exact) mass is 268 g/mol. The first-order chi connectivity index (χ1) is 8.75. The number of nitrogens with one attached hydrogen (secondary N) is 1. The van der Waals surface area contributed by atoms with E-state index in [1.807, 2.05) is 27.7 Å². The molecule has 1 aliphatic rings. The molecule has 2 amide bonds. The van der Waals surface area contributed by atoms with Crippen molar-refractivity contribution in [2.45, 2.75) is 66.0 Å². The number of piperazine rings is 1. The molecular weight excluding hydrogens is 240 g/mol. The molecule has 3 atom stereocenters. The molecule has 1 heterocycles. The average molecular weight is 268 g/mol. The Labute approximate surface area is 116 Å². The molecule has 1 aliphatic heterocycles. The van der Waals surface area contributed by atoms with Crippen LogP contribution in [0.25, 0.3) is 0 Å². The van der Waals surface area contributed by atoms with E-state index in [-0.39, 0.29) is 23.8 Å². The Kier molecular flexibility index (Phi) is 4.99. The van der Waals surface area contributed by atoms with Crippen LogP contribution in [0.1, 0.15) is 54.4 Å². The van der Waals surface area contributed by atoms with E-state index in [0.29, 0.717) is 12.5 Å². The van der Waals surface area contributed by atoms with Gasteiger partial charge in [-0.15, -0.1) is 0 Å². The van der Waals surface area contributed by atoms with E-state index in [2.05, 4.69) is 19.2 Å². The normalized spacial score (nSPS) is 26.0. The van der Waals surface area contributed by atoms with Crippen molar-refractivity contribution in [1.82, 2.24) is 10.2 Å². The predicted octanol–water partition coefficient (Wildman–Crippen LogP) is 2.18. The summed E-state index contributed by atoms with van der Waals surface area (Å²) in [7, 11) is 0. The zero-order chi connectivity index (χ0) is 14.8. The van der Waals surface area contributed by atoms with Crippen LogP contribution in [0.3, 0.4) is 0 Å². The molecule has 0 aromatic rings. The summed E-state index contributed by atoms with van der Waals surface area (Å²) in [4.78, 5) is 26.7. The summed E-state index contributed by atoms with van der Waals surface area (Å²) in [5.74, 6) is 0.610. The minimum Gasteiger partial charge on any atom is -0.342 e. The maximum atomic E-state index is 12.6. The van der Waals surface area contributed by atoms with Gasteiger partial charge in [0.15, 0.2) is 0 Å². The number of carbonyl (C=O) groups excluding carboxylic acids is 2. The highest BCUT2D eigenvalue weighted by Crippen LogP contribution is 2.26. The lowest BCUT2D eigenvalue weighted by atomic mass is 9.88. The lowest BCUT2D eigenvalue weighted by molar-refractivity contribution is -0.157. The summed E-state index contributed by atoms with van der Waals surface area (Å²) >= 11 is 0. The summed E-state index contributed by atoms with van der Waals surface area (Å²) in [5, 5.41) is 2.90. The molecule has 3 unspecified atom stereocenters. The summed E-state index contributed by atoms with van der Waals surface area (Å²) in [6.45, 7) is 12.6. The molecule has 19 heavy (non-hydrogen) atoms. The van der Waals surface area contributed by atoms with Gasteiger partial charge in [-0.3, -0.25) is 9.59 Å². The smallest absolute Gasteiger partial charge is 0.246 e. The Morgan fingerprint density at radius 3 is 2.26 bits per heavy atom. The van der Waals surface area contributed by atoms with E-state index in [1.165, 1.54) is 0 Å². The van der Waals surface area contributed by atoms with E-state index in [9.17, 15) is 9.59 Å². The molecule has 0 aromatic heterocycles. The van der Waals surface area contributed by atoms with Gasteiger partial charge in [-0.1, -0.05) is 40.5 Å². The van der Waals surface area contributed by atoms with Crippen molar-refractivity contribution in [2.75, 3.05) is 6.54 Å². The van der Waals surface area contributed by atoms with Crippen molar-refractivity contribution in [3.05, 3.63) is 0 Å². The Bertz CT molecular complexity index is 352. The quantitative estimate of drug-likeness (QED) is 0.831. The highest BCUT2D eigenvalue weighted by Gasteiger charge is 2.47. The van der Waals surface area contributed by atoms with Gasteiger partial charge in [-0.2, -0.15) is 0 Å². The van der Waals surface area contributed by atoms with Crippen molar-refractivity contribution >= 4 is 11.8 Å². The number of hydrogen-bond acceptors (Lipinski definition) is 2. The van der Waals surface area contributed by atoms with Crippen LogP contribution >= 0.6 is 0 Å². The number of rotatable bonds is 5. The zero-order valence-electron chi connectivity index (χ0n) is 13.1. The maximum Gasteiger partial charge on any atom is 0.246 e. The molecule has 0 bridgehead atoms. The Morgan fingerprint density at radius 2 is 1.79 bits per heavy atom. The molecule has 4 heteroatoms. The van der Waals surface area contributed by atoms with Crippen LogP contribution < -0.4 is 5.32 Å². The first kappa shape index (κ1) is 16.0. The molecule has 0 aromatic carbocycles. The van der Waals surface area contributed by atoms with Crippen LogP contribution in [-0.2, 0) is 9.59 Å². The third-order valence-corrected chi connectivity index (χ3v) is 4.45. The molecule has 1 rings (SSSR count). The number of hydrogen-bond donors (Lipinski definition) is 1. The molecule has 0 spiro atoms. The molecule has 0 saturated carbocycles. The number of carbonyl (C=O) groups is 2. The van der Waals surface area contributed by atoms with Crippen molar-refractivity contribution in [1.29, 1.82) is 0 Å². The highest BCUT2D eigenvalue weighted by molar-refractivity contribution is 5.99. The first-order valence-electron chi connectivity index (χ1n) is 7.38. The summed E-state index contributed by atoms with van der Waals surface area (Å²) in [6, 6.07) is -0.366. The van der Waals surface area contributed by atoms with Gasteiger partial charge in [0, 0.05) is 6.54 Å². The largest absolute Gasteiger partial charge is 0.342 e. The van der Waals surface area contributed by atoms with E-state index in [1.54, 1.807) is 4.90 Å². The van der Waals surface area contributed by atoms with Crippen LogP contribution in [0, 0.1) is 11.8 Å². The van der Waals surface area contributed by atoms with Crippen LogP contribution in [0.4, 0.5) is 0 Å². The van der Waals surface area contributed by atoms with Gasteiger partial charge in [-0.05, 0) is 25.7 Å². The van der Waals surface area contributed by atoms with Crippen LogP contribution in [0.15, 0.2) is 0 Å². The number of amides is 2. The molecule has 4 nitrogen and oxygen atoms in total. The fourth-order valence-corrected chi connectivity index (χ4v) is 2.33. The van der Waals surface area contributed by atoms with Crippen molar-refractivity contribution in [2.24, 2.45) is 11.8 Å². The van der Waals surface area contributed by atoms with Gasteiger partial charge in [0.25, 0.3) is 0 Å². The maximum absolute atomic E-state index is 12.6. The van der Waals surface area contributed by atoms with E-state index in [0.717, 1.165) is 12.8 Å². The Balaban J connectivity index is 3.00. The fourth-order valence-electron chi connectivity index (χ4n) is 2.33. The molecule has 1 fully saturated rings. The summed E-state index contributed by atoms with van der Waals surface area (Å²) in [5.41, 5.74) is -0.746. The topological polar surface area (TPSA) is 49.4 Å². The van der Waals surface area contributed by atoms with Gasteiger partial charge in [-0.25, -0.2) is 0 Å². The second-order valence-electron chi connectivity index (χ2n) is 6.36. The van der Waals surface area contributed by atoms with Gasteiger partial charge >= 0.3 is 0 Å². The SMILES string of the molecule is CCC(C)CN1C(=O)C(C(C)CC)NC(=O)C1(C)C. The summed E-state index contributed by atoms with van der Waals surface area (Å²) in [6.07, 6.45) is 1.89. The fraction of sp³-hybridized carbons (Fsp3) is 0.867. The zero-order valence-corrected chi connectivity index (χ0v) is 13.1. The second kappa shape index (κ2) is 5.93. The predicted molar refractivity (Wildman–Crippen MR) is 76.6 cm³/mol. The lowest BCUT2D eigenvalue weighted by Crippen LogP contribution is -2.70. The number of nitrogens with zero attached hydrogens (tertiary/aromatic N) is 1. The van der Waals surface area contributed by atoms with Crippen LogP contribution in [-0.4, -0.2) is 34.8 Å². The van der Waals surface area contributed by atoms with E-state index < -0.39 is 5.54 Å². The lowest BCUT2D eigenvalue weighted by Gasteiger charge is -2.46. The molecule has 0 radical (unpaired) electrons. The Hall–Kier alpha value is -1.06. The second-order valence-corrected chi connectivity index (χ2v) is 6.36. The van der Waals surface area contributed by atoms with Crippen LogP contribution in [0.5, 0.6) is 0 Å². The summed E-state index contributed by atoms with van der Waals surface area (Å²) < 4.78 is 0. The van der Waals surface area contributed by atoms with Crippen LogP contribution in [0.2, 0.25) is 0 Å². The molecule has 110 valence electrons. The van der Waals surface area contributed by atoms with Gasteiger partial charge in [0.2, 0.25) is 11.8 Å². The molecule has 0 aliphatic carbocycles. The molecule has 1 N–H and O–H groups in total. The molecule has 1 saturated heterocycles. The van der Waals surface area contributed by atoms with E-state index in [4.69, 9.17) is 0 Å². The minimum atomic E-state index is -0.746. The average Bonchev–Trinajstić information content (AvgIpc) is 2.38.